The number of fused-ring (bicyclic) bond motifs is 1. The van der Waals surface area contributed by atoms with E-state index in [0.29, 0.717) is 17.9 Å². The summed E-state index contributed by atoms with van der Waals surface area (Å²) in [5.74, 6) is 0.655. The van der Waals surface area contributed by atoms with Crippen LogP contribution in [-0.2, 0) is 17.6 Å². The molecule has 31 heavy (non-hydrogen) atoms. The van der Waals surface area contributed by atoms with E-state index in [0.717, 1.165) is 66.9 Å². The molecule has 4 N–H and O–H groups in total. The zero-order chi connectivity index (χ0) is 21.3. The first-order valence-corrected chi connectivity index (χ1v) is 11.6. The van der Waals surface area contributed by atoms with E-state index in [1.54, 1.807) is 6.07 Å². The molecule has 0 amide bonds. The van der Waals surface area contributed by atoms with Gasteiger partial charge in [0.1, 0.15) is 11.3 Å². The van der Waals surface area contributed by atoms with E-state index in [4.69, 9.17) is 10.5 Å². The Hall–Kier alpha value is -1.86. The molecule has 2 atom stereocenters. The van der Waals surface area contributed by atoms with Gasteiger partial charge in [-0.05, 0) is 48.8 Å². The van der Waals surface area contributed by atoms with E-state index in [1.165, 1.54) is 5.56 Å². The number of phenols is 1. The number of benzene rings is 2. The minimum absolute atomic E-state index is 0. The molecule has 2 aromatic carbocycles. The first-order valence-electron chi connectivity index (χ1n) is 10.7. The Morgan fingerprint density at radius 3 is 2.68 bits per heavy atom. The second-order valence-corrected chi connectivity index (χ2v) is 9.09. The van der Waals surface area contributed by atoms with Gasteiger partial charge < -0.3 is 20.6 Å². The number of unbranched alkanes of at least 4 members (excludes halogenated alkanes) is 1. The van der Waals surface area contributed by atoms with Gasteiger partial charge in [-0.3, -0.25) is 4.79 Å². The quantitative estimate of drug-likeness (QED) is 0.327. The van der Waals surface area contributed by atoms with Crippen molar-refractivity contribution in [2.75, 3.05) is 13.2 Å². The highest BCUT2D eigenvalue weighted by atomic mass is 35.5. The highest BCUT2D eigenvalue weighted by molar-refractivity contribution is 7.16. The van der Waals surface area contributed by atoms with Crippen LogP contribution in [0, 0.1) is 5.92 Å². The molecule has 0 saturated carbocycles. The predicted octanol–water partition coefficient (Wildman–Crippen LogP) is 5.04. The summed E-state index contributed by atoms with van der Waals surface area (Å²) in [5, 5.41) is 9.92. The molecule has 2 unspecified atom stereocenters. The topological polar surface area (TPSA) is 88.3 Å². The number of ether oxygens (including phenoxy) is 1. The number of phenolic OH excluding ortho intramolecular Hbond substituents is 1. The standard InChI is InChI=1S/C24H32N2O3S.ClH/c1-17(7-5-6-13-29-14-12-18-8-3-2-4-9-18)15-20(25)16-19-10-11-21(27)22-23(19)30-24(28)26-22;/h2-4,8-11,17,20,27H,5-7,12-16,25H2,1H3,(H,26,28);1H. The molecule has 170 valence electrons. The number of nitrogens with two attached hydrogens (primary N) is 1. The maximum atomic E-state index is 11.7. The van der Waals surface area contributed by atoms with Crippen LogP contribution in [-0.4, -0.2) is 29.3 Å². The number of aromatic hydroxyl groups is 1. The van der Waals surface area contributed by atoms with Crippen LogP contribution in [0.4, 0.5) is 0 Å². The predicted molar refractivity (Wildman–Crippen MR) is 132 cm³/mol. The highest BCUT2D eigenvalue weighted by Crippen LogP contribution is 2.29. The smallest absolute Gasteiger partial charge is 0.305 e. The molecule has 0 bridgehead atoms. The fraction of sp³-hybridized carbons (Fsp3) is 0.458. The summed E-state index contributed by atoms with van der Waals surface area (Å²) in [7, 11) is 0. The lowest BCUT2D eigenvalue weighted by Gasteiger charge is -2.18. The summed E-state index contributed by atoms with van der Waals surface area (Å²) in [6.07, 6.45) is 5.96. The van der Waals surface area contributed by atoms with Gasteiger partial charge in [0.15, 0.2) is 0 Å². The molecule has 3 rings (SSSR count). The minimum atomic E-state index is -0.152. The summed E-state index contributed by atoms with van der Waals surface area (Å²) in [6, 6.07) is 14.0. The molecular weight excluding hydrogens is 432 g/mol. The Morgan fingerprint density at radius 1 is 1.13 bits per heavy atom. The molecule has 3 aromatic rings. The van der Waals surface area contributed by atoms with E-state index in [2.05, 4.69) is 36.2 Å². The lowest BCUT2D eigenvalue weighted by atomic mass is 9.93. The van der Waals surface area contributed by atoms with Crippen LogP contribution >= 0.6 is 23.7 Å². The van der Waals surface area contributed by atoms with Crippen molar-refractivity contribution in [3.63, 3.8) is 0 Å². The molecule has 0 saturated heterocycles. The normalized spacial score (nSPS) is 13.1. The van der Waals surface area contributed by atoms with Gasteiger partial charge in [0, 0.05) is 12.6 Å². The number of halogens is 1. The maximum Gasteiger partial charge on any atom is 0.305 e. The zero-order valence-electron chi connectivity index (χ0n) is 18.0. The van der Waals surface area contributed by atoms with Gasteiger partial charge in [0.05, 0.1) is 11.3 Å². The van der Waals surface area contributed by atoms with Crippen molar-refractivity contribution in [2.45, 2.75) is 51.5 Å². The van der Waals surface area contributed by atoms with Gasteiger partial charge in [-0.15, -0.1) is 12.4 Å². The van der Waals surface area contributed by atoms with Crippen molar-refractivity contribution in [1.29, 1.82) is 0 Å². The Labute approximate surface area is 194 Å². The summed E-state index contributed by atoms with van der Waals surface area (Å²) in [6.45, 7) is 3.83. The molecular formula is C24H33ClN2O3S. The van der Waals surface area contributed by atoms with Crippen LogP contribution in [0.3, 0.4) is 0 Å². The lowest BCUT2D eigenvalue weighted by Crippen LogP contribution is -2.25. The van der Waals surface area contributed by atoms with Gasteiger partial charge >= 0.3 is 4.87 Å². The maximum absolute atomic E-state index is 11.7. The third-order valence-corrected chi connectivity index (χ3v) is 6.40. The van der Waals surface area contributed by atoms with Crippen LogP contribution < -0.4 is 10.6 Å². The summed E-state index contributed by atoms with van der Waals surface area (Å²) >= 11 is 1.14. The molecule has 0 aliphatic rings. The Kier molecular flexibility index (Phi) is 10.5. The van der Waals surface area contributed by atoms with Crippen molar-refractivity contribution in [2.24, 2.45) is 11.7 Å². The first kappa shape index (κ1) is 25.4. The molecule has 0 fully saturated rings. The largest absolute Gasteiger partial charge is 0.506 e. The number of nitrogens with one attached hydrogen (secondary N) is 1. The van der Waals surface area contributed by atoms with Gasteiger partial charge in [-0.1, -0.05) is 67.5 Å². The molecule has 0 spiro atoms. The van der Waals surface area contributed by atoms with Gasteiger partial charge in [0.25, 0.3) is 0 Å². The second kappa shape index (κ2) is 12.9. The summed E-state index contributed by atoms with van der Waals surface area (Å²) in [4.78, 5) is 14.2. The zero-order valence-corrected chi connectivity index (χ0v) is 19.6. The first-order chi connectivity index (χ1) is 14.5. The van der Waals surface area contributed by atoms with Crippen molar-refractivity contribution >= 4 is 34.0 Å². The molecule has 1 heterocycles. The Balaban J connectivity index is 0.00000341. The average Bonchev–Trinajstić information content (AvgIpc) is 3.13. The van der Waals surface area contributed by atoms with Gasteiger partial charge in [0.2, 0.25) is 0 Å². The van der Waals surface area contributed by atoms with Crippen LogP contribution in [0.15, 0.2) is 47.3 Å². The van der Waals surface area contributed by atoms with Crippen LogP contribution in [0.25, 0.3) is 10.2 Å². The fourth-order valence-electron chi connectivity index (χ4n) is 3.87. The number of hydrogen-bond donors (Lipinski definition) is 3. The van der Waals surface area contributed by atoms with Gasteiger partial charge in [-0.2, -0.15) is 0 Å². The third-order valence-electron chi connectivity index (χ3n) is 5.44. The molecule has 0 aliphatic carbocycles. The van der Waals surface area contributed by atoms with Crippen LogP contribution in [0.1, 0.15) is 43.7 Å². The minimum Gasteiger partial charge on any atom is -0.506 e. The number of thiazole rings is 1. The number of hydrogen-bond acceptors (Lipinski definition) is 5. The van der Waals surface area contributed by atoms with Crippen molar-refractivity contribution in [1.82, 2.24) is 4.98 Å². The molecule has 1 aromatic heterocycles. The second-order valence-electron chi connectivity index (χ2n) is 8.11. The molecule has 7 heteroatoms. The lowest BCUT2D eigenvalue weighted by molar-refractivity contribution is 0.132. The van der Waals surface area contributed by atoms with Gasteiger partial charge in [-0.25, -0.2) is 0 Å². The van der Waals surface area contributed by atoms with E-state index in [1.807, 2.05) is 12.1 Å². The molecule has 5 nitrogen and oxygen atoms in total. The van der Waals surface area contributed by atoms with E-state index in [9.17, 15) is 9.90 Å². The Morgan fingerprint density at radius 2 is 1.90 bits per heavy atom. The van der Waals surface area contributed by atoms with Crippen LogP contribution in [0.2, 0.25) is 0 Å². The third kappa shape index (κ3) is 7.96. The fourth-order valence-corrected chi connectivity index (χ4v) is 4.75. The summed E-state index contributed by atoms with van der Waals surface area (Å²) in [5.41, 5.74) is 9.26. The summed E-state index contributed by atoms with van der Waals surface area (Å²) < 4.78 is 6.58. The highest BCUT2D eigenvalue weighted by Gasteiger charge is 2.14. The number of H-pyrrole nitrogens is 1. The van der Waals surface area contributed by atoms with Crippen molar-refractivity contribution in [3.05, 3.63) is 63.3 Å². The Bertz CT molecular complexity index is 974. The SMILES string of the molecule is CC(CCCCOCCc1ccccc1)CC(N)Cc1ccc(O)c2[nH]c(=O)sc12.Cl. The van der Waals surface area contributed by atoms with Crippen LogP contribution in [0.5, 0.6) is 5.75 Å². The molecule has 0 aliphatic heterocycles. The van der Waals surface area contributed by atoms with Crippen molar-refractivity contribution in [3.8, 4) is 5.75 Å². The number of rotatable bonds is 12. The van der Waals surface area contributed by atoms with Crippen molar-refractivity contribution < 1.29 is 9.84 Å². The van der Waals surface area contributed by atoms with E-state index >= 15 is 0 Å². The van der Waals surface area contributed by atoms with E-state index < -0.39 is 0 Å². The monoisotopic (exact) mass is 464 g/mol. The van der Waals surface area contributed by atoms with E-state index in [-0.39, 0.29) is 29.1 Å². The molecule has 0 radical (unpaired) electrons. The average molecular weight is 465 g/mol. The number of aromatic amines is 1. The number of aromatic nitrogens is 1.